The number of anilines is 2. The normalized spacial score (nSPS) is 18.4. The van der Waals surface area contributed by atoms with Gasteiger partial charge in [-0.3, -0.25) is 9.59 Å². The molecule has 2 N–H and O–H groups in total. The lowest BCUT2D eigenvalue weighted by Gasteiger charge is -2.36. The summed E-state index contributed by atoms with van der Waals surface area (Å²) in [5.74, 6) is -2.48. The molecule has 224 valence electrons. The fourth-order valence-electron chi connectivity index (χ4n) is 4.89. The van der Waals surface area contributed by atoms with Crippen molar-refractivity contribution >= 4 is 23.5 Å². The molecule has 4 rings (SSSR count). The maximum atomic E-state index is 13.7. The summed E-state index contributed by atoms with van der Waals surface area (Å²) in [5.41, 5.74) is -0.133. The molecule has 2 aliphatic heterocycles. The number of amides is 2. The Balaban J connectivity index is 1.40. The SMILES string of the molecule is O=C(NCCc1ccc(C(F)(F)F)cc1)C1CCCN(c2cc(N3CCN(C(=O)CO)CC3)nc(C(F)(F)F)n2)C1. The maximum Gasteiger partial charge on any atom is 0.451 e. The number of carbonyl (C=O) groups is 2. The first-order valence-corrected chi connectivity index (χ1v) is 13.1. The van der Waals surface area contributed by atoms with E-state index in [0.29, 0.717) is 31.4 Å². The van der Waals surface area contributed by atoms with Crippen molar-refractivity contribution in [2.24, 2.45) is 5.92 Å². The van der Waals surface area contributed by atoms with Gasteiger partial charge in [-0.2, -0.15) is 26.3 Å². The molecule has 2 aromatic rings. The topological polar surface area (TPSA) is 102 Å². The van der Waals surface area contributed by atoms with E-state index in [4.69, 9.17) is 5.11 Å². The average Bonchev–Trinajstić information content (AvgIpc) is 2.96. The van der Waals surface area contributed by atoms with Crippen LogP contribution in [0.2, 0.25) is 0 Å². The van der Waals surface area contributed by atoms with Gasteiger partial charge in [-0.15, -0.1) is 0 Å². The Labute approximate surface area is 232 Å². The standard InChI is InChI=1S/C26H30F6N6O3/c27-25(28,29)19-5-3-17(4-6-19)7-8-33-23(41)18-2-1-9-38(15-18)21-14-20(34-24(35-21)26(30,31)32)36-10-12-37(13-11-36)22(40)16-39/h3-6,14,18,39H,1-2,7-13,15-16H2,(H,33,41). The molecular formula is C26H30F6N6O3. The number of hydrogen-bond acceptors (Lipinski definition) is 7. The number of aromatic nitrogens is 2. The van der Waals surface area contributed by atoms with Crippen LogP contribution in [0.5, 0.6) is 0 Å². The van der Waals surface area contributed by atoms with Crippen molar-refractivity contribution in [1.29, 1.82) is 0 Å². The van der Waals surface area contributed by atoms with Gasteiger partial charge in [0.25, 0.3) is 0 Å². The van der Waals surface area contributed by atoms with Crippen LogP contribution in [-0.4, -0.2) is 84.2 Å². The van der Waals surface area contributed by atoms with Crippen LogP contribution in [0.15, 0.2) is 30.3 Å². The summed E-state index contributed by atoms with van der Waals surface area (Å²) in [6.45, 7) is 0.973. The quantitative estimate of drug-likeness (QED) is 0.480. The molecule has 3 heterocycles. The predicted octanol–water partition coefficient (Wildman–Crippen LogP) is 2.73. The van der Waals surface area contributed by atoms with Crippen LogP contribution in [0.3, 0.4) is 0 Å². The third kappa shape index (κ3) is 7.77. The zero-order valence-electron chi connectivity index (χ0n) is 22.0. The highest BCUT2D eigenvalue weighted by Crippen LogP contribution is 2.32. The summed E-state index contributed by atoms with van der Waals surface area (Å²) in [4.78, 5) is 36.7. The van der Waals surface area contributed by atoms with Gasteiger partial charge in [0.2, 0.25) is 17.6 Å². The van der Waals surface area contributed by atoms with Gasteiger partial charge in [0.1, 0.15) is 18.2 Å². The number of carbonyl (C=O) groups excluding carboxylic acids is 2. The molecule has 41 heavy (non-hydrogen) atoms. The number of piperidine rings is 1. The molecule has 1 atom stereocenters. The monoisotopic (exact) mass is 588 g/mol. The van der Waals surface area contributed by atoms with Gasteiger partial charge >= 0.3 is 12.4 Å². The number of nitrogens with one attached hydrogen (secondary N) is 1. The Morgan fingerprint density at radius 2 is 1.54 bits per heavy atom. The van der Waals surface area contributed by atoms with E-state index in [1.807, 2.05) is 0 Å². The van der Waals surface area contributed by atoms with Gasteiger partial charge in [-0.05, 0) is 37.0 Å². The molecule has 0 spiro atoms. The minimum absolute atomic E-state index is 0.0402. The van der Waals surface area contributed by atoms with E-state index in [0.717, 1.165) is 12.1 Å². The summed E-state index contributed by atoms with van der Waals surface area (Å²) in [6.07, 6.45) is -7.85. The van der Waals surface area contributed by atoms with Crippen molar-refractivity contribution in [2.45, 2.75) is 31.6 Å². The van der Waals surface area contributed by atoms with Crippen LogP contribution in [0.25, 0.3) is 0 Å². The lowest BCUT2D eigenvalue weighted by atomic mass is 9.97. The molecule has 2 aliphatic rings. The molecule has 0 bridgehead atoms. The Morgan fingerprint density at radius 3 is 2.12 bits per heavy atom. The molecule has 1 aromatic heterocycles. The lowest BCUT2D eigenvalue weighted by molar-refractivity contribution is -0.145. The second-order valence-corrected chi connectivity index (χ2v) is 9.95. The van der Waals surface area contributed by atoms with Gasteiger partial charge in [0.05, 0.1) is 11.5 Å². The zero-order valence-corrected chi connectivity index (χ0v) is 22.0. The van der Waals surface area contributed by atoms with Crippen LogP contribution in [0.4, 0.5) is 38.0 Å². The molecule has 0 saturated carbocycles. The third-order valence-electron chi connectivity index (χ3n) is 7.15. The van der Waals surface area contributed by atoms with E-state index in [-0.39, 0.29) is 56.8 Å². The fraction of sp³-hybridized carbons (Fsp3) is 0.538. The first-order chi connectivity index (χ1) is 19.3. The van der Waals surface area contributed by atoms with Crippen molar-refractivity contribution in [3.63, 3.8) is 0 Å². The molecule has 2 fully saturated rings. The summed E-state index contributed by atoms with van der Waals surface area (Å²) >= 11 is 0. The van der Waals surface area contributed by atoms with E-state index < -0.39 is 42.2 Å². The van der Waals surface area contributed by atoms with Crippen molar-refractivity contribution in [1.82, 2.24) is 20.2 Å². The van der Waals surface area contributed by atoms with Gasteiger partial charge in [-0.25, -0.2) is 9.97 Å². The van der Waals surface area contributed by atoms with Gasteiger partial charge in [0, 0.05) is 51.9 Å². The van der Waals surface area contributed by atoms with Crippen molar-refractivity contribution < 1.29 is 41.0 Å². The minimum Gasteiger partial charge on any atom is -0.387 e. The number of rotatable bonds is 7. The van der Waals surface area contributed by atoms with Crippen LogP contribution >= 0.6 is 0 Å². The molecule has 2 saturated heterocycles. The number of nitrogens with zero attached hydrogens (tertiary/aromatic N) is 5. The van der Waals surface area contributed by atoms with Crippen LogP contribution in [0, 0.1) is 5.92 Å². The van der Waals surface area contributed by atoms with Crippen molar-refractivity contribution in [3.05, 3.63) is 47.3 Å². The second kappa shape index (κ2) is 12.5. The first kappa shape index (κ1) is 30.3. The molecule has 15 heteroatoms. The minimum atomic E-state index is -4.80. The summed E-state index contributed by atoms with van der Waals surface area (Å²) < 4.78 is 79.3. The molecule has 0 radical (unpaired) electrons. The lowest BCUT2D eigenvalue weighted by Crippen LogP contribution is -2.50. The van der Waals surface area contributed by atoms with Gasteiger partial charge in [0.15, 0.2) is 0 Å². The van der Waals surface area contributed by atoms with Crippen LogP contribution in [-0.2, 0) is 28.4 Å². The van der Waals surface area contributed by atoms with E-state index in [2.05, 4.69) is 15.3 Å². The first-order valence-electron chi connectivity index (χ1n) is 13.1. The number of halogens is 6. The molecule has 2 amide bonds. The Hall–Kier alpha value is -3.62. The van der Waals surface area contributed by atoms with Gasteiger partial charge < -0.3 is 25.1 Å². The molecule has 0 aliphatic carbocycles. The molecular weight excluding hydrogens is 558 g/mol. The second-order valence-electron chi connectivity index (χ2n) is 9.95. The highest BCUT2D eigenvalue weighted by molar-refractivity contribution is 5.79. The summed E-state index contributed by atoms with van der Waals surface area (Å²) in [7, 11) is 0. The molecule has 1 aromatic carbocycles. The Morgan fingerprint density at radius 1 is 0.902 bits per heavy atom. The van der Waals surface area contributed by atoms with Crippen molar-refractivity contribution in [2.75, 3.05) is 62.2 Å². The summed E-state index contributed by atoms with van der Waals surface area (Å²) in [5, 5.41) is 11.8. The maximum absolute atomic E-state index is 13.7. The number of aliphatic hydroxyl groups is 1. The van der Waals surface area contributed by atoms with E-state index in [1.54, 1.807) is 9.80 Å². The molecule has 1 unspecified atom stereocenters. The largest absolute Gasteiger partial charge is 0.451 e. The highest BCUT2D eigenvalue weighted by atomic mass is 19.4. The van der Waals surface area contributed by atoms with Crippen molar-refractivity contribution in [3.8, 4) is 0 Å². The number of hydrogen-bond donors (Lipinski definition) is 2. The predicted molar refractivity (Wildman–Crippen MR) is 136 cm³/mol. The Bertz CT molecular complexity index is 1220. The van der Waals surface area contributed by atoms with E-state index >= 15 is 0 Å². The zero-order chi connectivity index (χ0) is 29.8. The number of alkyl halides is 6. The van der Waals surface area contributed by atoms with E-state index in [1.165, 1.54) is 23.1 Å². The smallest absolute Gasteiger partial charge is 0.387 e. The average molecular weight is 589 g/mol. The van der Waals surface area contributed by atoms with Crippen LogP contribution in [0.1, 0.15) is 29.8 Å². The summed E-state index contributed by atoms with van der Waals surface area (Å²) in [6, 6.07) is 6.12. The number of piperazine rings is 1. The van der Waals surface area contributed by atoms with Crippen LogP contribution < -0.4 is 15.1 Å². The fourth-order valence-corrected chi connectivity index (χ4v) is 4.89. The van der Waals surface area contributed by atoms with Gasteiger partial charge in [-0.1, -0.05) is 12.1 Å². The number of aliphatic hydroxyl groups excluding tert-OH is 1. The highest BCUT2D eigenvalue weighted by Gasteiger charge is 2.37. The third-order valence-corrected chi connectivity index (χ3v) is 7.15. The number of benzene rings is 1. The molecule has 9 nitrogen and oxygen atoms in total. The van der Waals surface area contributed by atoms with E-state index in [9.17, 15) is 35.9 Å². The Kier molecular flexibility index (Phi) is 9.24.